The second-order valence-corrected chi connectivity index (χ2v) is 18.9. The SMILES string of the molecule is CC(C)(C)OC(=O)N[C@@H](C=O)c1ccccc1.CN1CCCC1c1cc(-c2ccc(C#Cc3ccc(-c4cnc(CCCCNC(=O)C(NC(=O)OC(C)(C)C)c5ccccc5)[nH]4)cc3)cc2)n[nH]1. The Morgan fingerprint density at radius 3 is 1.93 bits per heavy atom. The van der Waals surface area contributed by atoms with Crippen LogP contribution in [-0.2, 0) is 25.5 Å². The zero-order chi connectivity index (χ0) is 49.4. The minimum atomic E-state index is -0.849. The van der Waals surface area contributed by atoms with E-state index in [4.69, 9.17) is 9.47 Å². The Bertz CT molecular complexity index is 2660. The van der Waals surface area contributed by atoms with Crippen LogP contribution in [0.2, 0.25) is 0 Å². The first-order chi connectivity index (χ1) is 33.0. The summed E-state index contributed by atoms with van der Waals surface area (Å²) in [5.74, 6) is 7.15. The summed E-state index contributed by atoms with van der Waals surface area (Å²) >= 11 is 0. The maximum absolute atomic E-state index is 13.1. The van der Waals surface area contributed by atoms with Gasteiger partial charge in [-0.25, -0.2) is 14.6 Å². The Morgan fingerprint density at radius 1 is 0.783 bits per heavy atom. The number of hydrogen-bond donors (Lipinski definition) is 5. The standard InChI is InChI=1S/C42H47N7O3.C13H17NO3/c1-42(2,3)52-41(51)46-39(33-11-6-5-7-12-33)40(50)43-25-9-8-14-38-44-28-36(45-38)32-23-19-30(20-24-32)16-15-29-17-21-31(22-18-29)34-27-35(48-47-34)37-13-10-26-49(37)4;1-13(2,3)17-12(16)14-11(9-15)10-7-5-4-6-8-10/h5-7,11-12,17-24,27-28,37,39H,8-10,13-14,25-26H2,1-4H3,(H,43,50)(H,44,45)(H,46,51)(H,47,48);4-9,11H,1-3H3,(H,14,16)/t;11-/m.0/s1. The number of aryl methyl sites for hydroxylation is 1. The van der Waals surface area contributed by atoms with E-state index >= 15 is 0 Å². The molecule has 14 heteroatoms. The van der Waals surface area contributed by atoms with Crippen molar-refractivity contribution in [1.29, 1.82) is 0 Å². The van der Waals surface area contributed by atoms with Gasteiger partial charge in [0.1, 0.15) is 35.4 Å². The molecule has 7 rings (SSSR count). The Labute approximate surface area is 405 Å². The van der Waals surface area contributed by atoms with Crippen LogP contribution < -0.4 is 16.0 Å². The molecule has 1 fully saturated rings. The van der Waals surface area contributed by atoms with Crippen molar-refractivity contribution in [1.82, 2.24) is 41.0 Å². The number of hydrogen-bond acceptors (Lipinski definition) is 9. The zero-order valence-corrected chi connectivity index (χ0v) is 40.6. The molecule has 360 valence electrons. The van der Waals surface area contributed by atoms with Crippen LogP contribution in [0.4, 0.5) is 9.59 Å². The van der Waals surface area contributed by atoms with E-state index in [-0.39, 0.29) is 5.91 Å². The summed E-state index contributed by atoms with van der Waals surface area (Å²) in [6.45, 7) is 12.3. The number of rotatable bonds is 14. The molecule has 0 radical (unpaired) electrons. The number of carbonyl (C=O) groups excluding carboxylic acids is 4. The lowest BCUT2D eigenvalue weighted by Crippen LogP contribution is -2.42. The van der Waals surface area contributed by atoms with Gasteiger partial charge in [-0.15, -0.1) is 0 Å². The number of likely N-dealkylation sites (tertiary alicyclic amines) is 1. The van der Waals surface area contributed by atoms with Gasteiger partial charge in [0.2, 0.25) is 5.91 Å². The van der Waals surface area contributed by atoms with Gasteiger partial charge in [0.25, 0.3) is 0 Å². The summed E-state index contributed by atoms with van der Waals surface area (Å²) < 4.78 is 10.5. The summed E-state index contributed by atoms with van der Waals surface area (Å²) in [4.78, 5) is 58.3. The van der Waals surface area contributed by atoms with Gasteiger partial charge in [-0.2, -0.15) is 5.10 Å². The number of amides is 3. The average molecular weight is 933 g/mol. The first kappa shape index (κ1) is 50.9. The highest BCUT2D eigenvalue weighted by atomic mass is 16.6. The molecule has 6 aromatic rings. The third kappa shape index (κ3) is 16.1. The van der Waals surface area contributed by atoms with Crippen LogP contribution in [0, 0.1) is 11.8 Å². The van der Waals surface area contributed by atoms with Crippen molar-refractivity contribution in [3.05, 3.63) is 155 Å². The van der Waals surface area contributed by atoms with E-state index in [2.05, 4.69) is 78.1 Å². The molecule has 14 nitrogen and oxygen atoms in total. The van der Waals surface area contributed by atoms with Crippen LogP contribution in [0.15, 0.2) is 121 Å². The number of imidazole rings is 1. The summed E-state index contributed by atoms with van der Waals surface area (Å²) in [5.41, 5.74) is 7.24. The number of aldehydes is 1. The Morgan fingerprint density at radius 2 is 1.36 bits per heavy atom. The van der Waals surface area contributed by atoms with E-state index in [0.29, 0.717) is 24.4 Å². The predicted octanol–water partition coefficient (Wildman–Crippen LogP) is 9.79. The number of nitrogens with zero attached hydrogens (tertiary/aromatic N) is 3. The maximum Gasteiger partial charge on any atom is 0.408 e. The number of aromatic amines is 2. The number of aromatic nitrogens is 4. The molecule has 0 bridgehead atoms. The van der Waals surface area contributed by atoms with Gasteiger partial charge in [-0.1, -0.05) is 96.8 Å². The fourth-order valence-corrected chi connectivity index (χ4v) is 7.59. The van der Waals surface area contributed by atoms with E-state index < -0.39 is 35.5 Å². The third-order valence-electron chi connectivity index (χ3n) is 11.0. The van der Waals surface area contributed by atoms with Crippen molar-refractivity contribution < 1.29 is 28.7 Å². The topological polar surface area (TPSA) is 183 Å². The molecule has 0 saturated carbocycles. The molecule has 0 spiro atoms. The molecule has 69 heavy (non-hydrogen) atoms. The molecule has 1 aliphatic heterocycles. The molecule has 4 aromatic carbocycles. The third-order valence-corrected chi connectivity index (χ3v) is 11.0. The van der Waals surface area contributed by atoms with Crippen molar-refractivity contribution in [3.8, 4) is 34.4 Å². The van der Waals surface area contributed by atoms with Crippen molar-refractivity contribution >= 4 is 24.4 Å². The fraction of sp³-hybridized carbons (Fsp3) is 0.345. The van der Waals surface area contributed by atoms with Gasteiger partial charge >= 0.3 is 12.2 Å². The van der Waals surface area contributed by atoms with Gasteiger partial charge in [-0.3, -0.25) is 14.8 Å². The van der Waals surface area contributed by atoms with E-state index in [0.717, 1.165) is 77.3 Å². The van der Waals surface area contributed by atoms with Crippen molar-refractivity contribution in [2.24, 2.45) is 0 Å². The minimum absolute atomic E-state index is 0.283. The normalized spacial score (nSPS) is 14.4. The quantitative estimate of drug-likeness (QED) is 0.0403. The van der Waals surface area contributed by atoms with Crippen LogP contribution in [0.3, 0.4) is 0 Å². The molecular weight excluding hydrogens is 869 g/mol. The molecule has 3 atom stereocenters. The van der Waals surface area contributed by atoms with Gasteiger partial charge < -0.3 is 35.2 Å². The van der Waals surface area contributed by atoms with E-state index in [1.807, 2.05) is 91.1 Å². The monoisotopic (exact) mass is 932 g/mol. The van der Waals surface area contributed by atoms with E-state index in [1.165, 1.54) is 12.1 Å². The van der Waals surface area contributed by atoms with Gasteiger partial charge in [-0.05, 0) is 128 Å². The lowest BCUT2D eigenvalue weighted by Gasteiger charge is -2.23. The lowest BCUT2D eigenvalue weighted by atomic mass is 10.1. The first-order valence-corrected chi connectivity index (χ1v) is 23.4. The average Bonchev–Trinajstić information content (AvgIpc) is 4.11. The number of carbonyl (C=O) groups is 4. The second-order valence-electron chi connectivity index (χ2n) is 18.9. The molecule has 1 aliphatic rings. The molecule has 1 saturated heterocycles. The zero-order valence-electron chi connectivity index (χ0n) is 40.6. The second kappa shape index (κ2) is 24.0. The summed E-state index contributed by atoms with van der Waals surface area (Å²) in [7, 11) is 2.17. The van der Waals surface area contributed by atoms with Crippen molar-refractivity contribution in [2.75, 3.05) is 20.1 Å². The van der Waals surface area contributed by atoms with E-state index in [9.17, 15) is 19.2 Å². The summed E-state index contributed by atoms with van der Waals surface area (Å²) in [5, 5.41) is 16.0. The van der Waals surface area contributed by atoms with Gasteiger partial charge in [0.05, 0.1) is 29.3 Å². The van der Waals surface area contributed by atoms with Gasteiger partial charge in [0.15, 0.2) is 0 Å². The predicted molar refractivity (Wildman–Crippen MR) is 268 cm³/mol. The van der Waals surface area contributed by atoms with Crippen LogP contribution in [0.5, 0.6) is 0 Å². The molecule has 2 aromatic heterocycles. The number of unbranched alkanes of at least 4 members (excludes halogenated alkanes) is 1. The molecule has 3 amide bonds. The van der Waals surface area contributed by atoms with Crippen molar-refractivity contribution in [3.63, 3.8) is 0 Å². The van der Waals surface area contributed by atoms with Crippen LogP contribution in [0.1, 0.15) is 119 Å². The number of alkyl carbamates (subject to hydrolysis) is 2. The summed E-state index contributed by atoms with van der Waals surface area (Å²) in [6.07, 6.45) is 6.01. The summed E-state index contributed by atoms with van der Waals surface area (Å²) in [6, 6.07) is 35.6. The largest absolute Gasteiger partial charge is 0.444 e. The Kier molecular flexibility index (Phi) is 17.7. The Balaban J connectivity index is 0.000000389. The first-order valence-electron chi connectivity index (χ1n) is 23.4. The smallest absolute Gasteiger partial charge is 0.408 e. The maximum atomic E-state index is 13.1. The number of nitrogens with one attached hydrogen (secondary N) is 5. The number of benzene rings is 4. The minimum Gasteiger partial charge on any atom is -0.444 e. The van der Waals surface area contributed by atoms with Crippen LogP contribution in [-0.4, -0.2) is 80.8 Å². The lowest BCUT2D eigenvalue weighted by molar-refractivity contribution is -0.123. The number of ether oxygens (including phenoxy) is 2. The van der Waals surface area contributed by atoms with Crippen LogP contribution >= 0.6 is 0 Å². The van der Waals surface area contributed by atoms with Crippen LogP contribution in [0.25, 0.3) is 22.5 Å². The number of H-pyrrole nitrogens is 2. The molecular formula is C55H64N8O6. The molecule has 0 aliphatic carbocycles. The van der Waals surface area contributed by atoms with Crippen molar-refractivity contribution in [2.45, 2.75) is 103 Å². The van der Waals surface area contributed by atoms with E-state index in [1.54, 1.807) is 53.7 Å². The van der Waals surface area contributed by atoms with Gasteiger partial charge in [0, 0.05) is 29.7 Å². The molecule has 2 unspecified atom stereocenters. The molecule has 5 N–H and O–H groups in total. The molecule has 3 heterocycles. The highest BCUT2D eigenvalue weighted by Crippen LogP contribution is 2.31. The highest BCUT2D eigenvalue weighted by molar-refractivity contribution is 5.87. The fourth-order valence-electron chi connectivity index (χ4n) is 7.59. The Hall–Kier alpha value is -7.50. The highest BCUT2D eigenvalue weighted by Gasteiger charge is 2.27.